The van der Waals surface area contributed by atoms with Crippen molar-refractivity contribution in [3.8, 4) is 0 Å². The predicted octanol–water partition coefficient (Wildman–Crippen LogP) is 1.52. The zero-order valence-corrected chi connectivity index (χ0v) is 16.3. The van der Waals surface area contributed by atoms with Gasteiger partial charge in [-0.15, -0.1) is 0 Å². The van der Waals surface area contributed by atoms with E-state index in [0.717, 1.165) is 0 Å². The molecule has 1 aliphatic rings. The van der Waals surface area contributed by atoms with Crippen molar-refractivity contribution in [2.24, 2.45) is 17.2 Å². The molecule has 1 atom stereocenters. The summed E-state index contributed by atoms with van der Waals surface area (Å²) in [6, 6.07) is -0.256. The van der Waals surface area contributed by atoms with Crippen LogP contribution < -0.4 is 10.8 Å². The van der Waals surface area contributed by atoms with Crippen molar-refractivity contribution in [1.29, 1.82) is 0 Å². The van der Waals surface area contributed by atoms with Crippen LogP contribution in [0.5, 0.6) is 0 Å². The Balaban J connectivity index is 1.94. The number of fused-ring (bicyclic) bond motifs is 1. The third kappa shape index (κ3) is 3.91. The summed E-state index contributed by atoms with van der Waals surface area (Å²) in [5.41, 5.74) is 0.981. The van der Waals surface area contributed by atoms with Crippen molar-refractivity contribution >= 4 is 28.9 Å². The molecular formula is C18H26N6O4. The first-order valence-electron chi connectivity index (χ1n) is 9.27. The lowest BCUT2D eigenvalue weighted by molar-refractivity contribution is -0.146. The van der Waals surface area contributed by atoms with Crippen molar-refractivity contribution < 1.29 is 19.5 Å². The second kappa shape index (κ2) is 7.70. The number of hydrogen-bond donors (Lipinski definition) is 2. The Kier molecular flexibility index (Phi) is 5.50. The summed E-state index contributed by atoms with van der Waals surface area (Å²) in [7, 11) is 0. The number of hydrogen-bond acceptors (Lipinski definition) is 8. The Labute approximate surface area is 162 Å². The molecule has 3 rings (SSSR count). The van der Waals surface area contributed by atoms with Gasteiger partial charge in [0.05, 0.1) is 24.7 Å². The van der Waals surface area contributed by atoms with Gasteiger partial charge in [0.1, 0.15) is 6.33 Å². The van der Waals surface area contributed by atoms with Gasteiger partial charge in [0.15, 0.2) is 17.0 Å². The number of rotatable bonds is 5. The van der Waals surface area contributed by atoms with Crippen LogP contribution in [0.25, 0.3) is 11.2 Å². The zero-order chi connectivity index (χ0) is 20.5. The van der Waals surface area contributed by atoms with Gasteiger partial charge < -0.3 is 19.4 Å². The number of nitrogens with two attached hydrogens (primary N) is 1. The van der Waals surface area contributed by atoms with Gasteiger partial charge >= 0.3 is 11.9 Å². The Morgan fingerprint density at radius 1 is 1.29 bits per heavy atom. The SMILES string of the molecule is CC(C)(C)[C@H](CC(=O)ON)n1cnc2c(N3CCC(C(=O)O)CC3)ncnc21. The number of aliphatic carboxylic acids is 1. The number of aromatic nitrogens is 4. The van der Waals surface area contributed by atoms with Crippen LogP contribution in [0, 0.1) is 11.3 Å². The molecule has 0 bridgehead atoms. The number of nitrogens with zero attached hydrogens (tertiary/aromatic N) is 5. The molecule has 0 unspecified atom stereocenters. The maximum atomic E-state index is 11.8. The first-order chi connectivity index (χ1) is 13.2. The molecule has 0 amide bonds. The number of carboxylic acid groups (broad SMARTS) is 1. The molecule has 0 spiro atoms. The fourth-order valence-corrected chi connectivity index (χ4v) is 3.67. The summed E-state index contributed by atoms with van der Waals surface area (Å²) in [5, 5.41) is 9.19. The third-order valence-electron chi connectivity index (χ3n) is 5.31. The number of carbonyl (C=O) groups is 2. The number of anilines is 1. The molecule has 0 aromatic carbocycles. The highest BCUT2D eigenvalue weighted by Crippen LogP contribution is 2.36. The van der Waals surface area contributed by atoms with Crippen LogP contribution in [0.1, 0.15) is 46.1 Å². The summed E-state index contributed by atoms with van der Waals surface area (Å²) in [6.07, 6.45) is 4.35. The summed E-state index contributed by atoms with van der Waals surface area (Å²) in [4.78, 5) is 42.7. The highest BCUT2D eigenvalue weighted by Gasteiger charge is 2.32. The average molecular weight is 390 g/mol. The Morgan fingerprint density at radius 3 is 2.54 bits per heavy atom. The van der Waals surface area contributed by atoms with E-state index in [9.17, 15) is 14.7 Å². The normalized spacial score (nSPS) is 16.9. The van der Waals surface area contributed by atoms with E-state index in [2.05, 4.69) is 19.8 Å². The highest BCUT2D eigenvalue weighted by molar-refractivity contribution is 5.84. The number of piperidine rings is 1. The lowest BCUT2D eigenvalue weighted by atomic mass is 9.84. The first-order valence-corrected chi connectivity index (χ1v) is 9.27. The maximum Gasteiger partial charge on any atom is 0.326 e. The monoisotopic (exact) mass is 390 g/mol. The van der Waals surface area contributed by atoms with Gasteiger partial charge in [0, 0.05) is 13.1 Å². The molecule has 1 aliphatic heterocycles. The molecule has 0 radical (unpaired) electrons. The molecule has 1 saturated heterocycles. The molecule has 2 aromatic rings. The van der Waals surface area contributed by atoms with E-state index in [1.54, 1.807) is 6.33 Å². The van der Waals surface area contributed by atoms with Gasteiger partial charge in [-0.3, -0.25) is 9.59 Å². The molecule has 152 valence electrons. The van der Waals surface area contributed by atoms with Crippen molar-refractivity contribution in [3.63, 3.8) is 0 Å². The second-order valence-electron chi connectivity index (χ2n) is 8.20. The quantitative estimate of drug-likeness (QED) is 0.728. The summed E-state index contributed by atoms with van der Waals surface area (Å²) in [5.74, 6) is 4.14. The lowest BCUT2D eigenvalue weighted by Gasteiger charge is -2.32. The van der Waals surface area contributed by atoms with Crippen molar-refractivity contribution in [3.05, 3.63) is 12.7 Å². The number of imidazole rings is 1. The maximum absolute atomic E-state index is 11.8. The first kappa shape index (κ1) is 20.0. The van der Waals surface area contributed by atoms with Crippen LogP contribution in [0.15, 0.2) is 12.7 Å². The van der Waals surface area contributed by atoms with Crippen LogP contribution in [-0.4, -0.2) is 49.7 Å². The lowest BCUT2D eigenvalue weighted by Crippen LogP contribution is -2.37. The van der Waals surface area contributed by atoms with E-state index in [-0.39, 0.29) is 23.8 Å². The minimum absolute atomic E-state index is 0.0921. The van der Waals surface area contributed by atoms with Gasteiger partial charge in [0.2, 0.25) is 0 Å². The van der Waals surface area contributed by atoms with E-state index >= 15 is 0 Å². The van der Waals surface area contributed by atoms with Crippen molar-refractivity contribution in [1.82, 2.24) is 19.5 Å². The van der Waals surface area contributed by atoms with Gasteiger partial charge in [-0.1, -0.05) is 20.8 Å². The van der Waals surface area contributed by atoms with Crippen LogP contribution in [-0.2, 0) is 14.4 Å². The molecule has 10 heteroatoms. The standard InChI is InChI=1S/C18H26N6O4/c1-18(2,3)12(8-13(25)28-19)24-10-22-14-15(20-9-21-16(14)24)23-6-4-11(5-7-23)17(26)27/h9-12H,4-8,19H2,1-3H3,(H,26,27)/t12-/m0/s1. The van der Waals surface area contributed by atoms with Crippen LogP contribution in [0.3, 0.4) is 0 Å². The Morgan fingerprint density at radius 2 is 1.96 bits per heavy atom. The smallest absolute Gasteiger partial charge is 0.326 e. The van der Waals surface area contributed by atoms with Crippen LogP contribution >= 0.6 is 0 Å². The predicted molar refractivity (Wildman–Crippen MR) is 101 cm³/mol. The fraction of sp³-hybridized carbons (Fsp3) is 0.611. The summed E-state index contributed by atoms with van der Waals surface area (Å²) >= 11 is 0. The number of carbonyl (C=O) groups excluding carboxylic acids is 1. The Bertz CT molecular complexity index is 867. The molecule has 2 aromatic heterocycles. The minimum Gasteiger partial charge on any atom is -0.481 e. The van der Waals surface area contributed by atoms with E-state index in [1.807, 2.05) is 30.2 Å². The number of carboxylic acids is 1. The van der Waals surface area contributed by atoms with Crippen LogP contribution in [0.4, 0.5) is 5.82 Å². The van der Waals surface area contributed by atoms with Gasteiger partial charge in [-0.25, -0.2) is 15.0 Å². The molecule has 0 saturated carbocycles. The zero-order valence-electron chi connectivity index (χ0n) is 16.3. The molecule has 1 fully saturated rings. The van der Waals surface area contributed by atoms with Crippen LogP contribution in [0.2, 0.25) is 0 Å². The van der Waals surface area contributed by atoms with Gasteiger partial charge in [0.25, 0.3) is 0 Å². The fourth-order valence-electron chi connectivity index (χ4n) is 3.67. The van der Waals surface area contributed by atoms with E-state index < -0.39 is 11.9 Å². The largest absolute Gasteiger partial charge is 0.481 e. The molecular weight excluding hydrogens is 364 g/mol. The van der Waals surface area contributed by atoms with Crippen molar-refractivity contribution in [2.45, 2.75) is 46.1 Å². The van der Waals surface area contributed by atoms with Crippen molar-refractivity contribution in [2.75, 3.05) is 18.0 Å². The molecule has 10 nitrogen and oxygen atoms in total. The molecule has 3 heterocycles. The highest BCUT2D eigenvalue weighted by atomic mass is 16.7. The summed E-state index contributed by atoms with van der Waals surface area (Å²) < 4.78 is 1.86. The second-order valence-corrected chi connectivity index (χ2v) is 8.20. The van der Waals surface area contributed by atoms with E-state index in [1.165, 1.54) is 6.33 Å². The Hall–Kier alpha value is -2.75. The molecule has 28 heavy (non-hydrogen) atoms. The van der Waals surface area contributed by atoms with E-state index in [0.29, 0.717) is 42.9 Å². The average Bonchev–Trinajstić information content (AvgIpc) is 3.08. The summed E-state index contributed by atoms with van der Waals surface area (Å²) in [6.45, 7) is 7.25. The van der Waals surface area contributed by atoms with Gasteiger partial charge in [-0.2, -0.15) is 5.90 Å². The molecule has 3 N–H and O–H groups in total. The third-order valence-corrected chi connectivity index (χ3v) is 5.31. The van der Waals surface area contributed by atoms with Gasteiger partial charge in [-0.05, 0) is 18.3 Å². The topological polar surface area (TPSA) is 136 Å². The van der Waals surface area contributed by atoms with E-state index in [4.69, 9.17) is 5.90 Å². The molecule has 0 aliphatic carbocycles. The minimum atomic E-state index is -0.753.